The highest BCUT2D eigenvalue weighted by molar-refractivity contribution is 7.09. The number of aliphatic carboxylic acids is 1. The Labute approximate surface area is 161 Å². The van der Waals surface area contributed by atoms with Crippen LogP contribution in [0.15, 0.2) is 47.8 Å². The third-order valence-electron chi connectivity index (χ3n) is 4.57. The molecule has 1 aliphatic heterocycles. The zero-order valence-electron chi connectivity index (χ0n) is 15.0. The molecule has 2 heterocycles. The lowest BCUT2D eigenvalue weighted by Crippen LogP contribution is -2.35. The summed E-state index contributed by atoms with van der Waals surface area (Å²) in [6.45, 7) is 3.80. The first-order valence-electron chi connectivity index (χ1n) is 8.93. The van der Waals surface area contributed by atoms with Crippen LogP contribution in [0.3, 0.4) is 0 Å². The number of carboxylic acid groups (broad SMARTS) is 1. The van der Waals surface area contributed by atoms with Crippen molar-refractivity contribution in [2.24, 2.45) is 5.92 Å². The van der Waals surface area contributed by atoms with Crippen LogP contribution in [0.2, 0.25) is 0 Å². The molecule has 0 unspecified atom stereocenters. The third-order valence-corrected chi connectivity index (χ3v) is 5.51. The topological polar surface area (TPSA) is 40.5 Å². The Balaban J connectivity index is 0.000000321. The molecule has 1 fully saturated rings. The van der Waals surface area contributed by atoms with Gasteiger partial charge >= 0.3 is 12.1 Å². The highest BCUT2D eigenvalue weighted by Gasteiger charge is 2.38. The number of hydrogen-bond acceptors (Lipinski definition) is 3. The molecule has 0 saturated carbocycles. The van der Waals surface area contributed by atoms with E-state index >= 15 is 0 Å². The van der Waals surface area contributed by atoms with Crippen molar-refractivity contribution in [1.82, 2.24) is 4.90 Å². The molecular weight excluding hydrogens is 375 g/mol. The molecule has 0 aliphatic carbocycles. The van der Waals surface area contributed by atoms with Gasteiger partial charge < -0.3 is 10.0 Å². The van der Waals surface area contributed by atoms with Gasteiger partial charge in [0.15, 0.2) is 0 Å². The maximum Gasteiger partial charge on any atom is 0.490 e. The predicted octanol–water partition coefficient (Wildman–Crippen LogP) is 4.88. The number of nitrogens with zero attached hydrogens (tertiary/aromatic N) is 1. The van der Waals surface area contributed by atoms with Gasteiger partial charge in [-0.3, -0.25) is 0 Å². The van der Waals surface area contributed by atoms with Gasteiger partial charge in [0.1, 0.15) is 0 Å². The minimum Gasteiger partial charge on any atom is -0.475 e. The molecule has 0 radical (unpaired) electrons. The Morgan fingerprint density at radius 1 is 1.11 bits per heavy atom. The van der Waals surface area contributed by atoms with Crippen LogP contribution in [0.4, 0.5) is 13.2 Å². The number of rotatable bonds is 5. The summed E-state index contributed by atoms with van der Waals surface area (Å²) in [5.74, 6) is -1.87. The van der Waals surface area contributed by atoms with Crippen LogP contribution in [0, 0.1) is 5.92 Å². The summed E-state index contributed by atoms with van der Waals surface area (Å²) < 4.78 is 31.7. The van der Waals surface area contributed by atoms with E-state index in [1.54, 1.807) is 0 Å². The molecule has 1 N–H and O–H groups in total. The minimum atomic E-state index is -5.08. The van der Waals surface area contributed by atoms with Crippen molar-refractivity contribution in [2.75, 3.05) is 19.6 Å². The second kappa shape index (κ2) is 10.5. The number of hydrogen-bond donors (Lipinski definition) is 1. The number of halogens is 3. The van der Waals surface area contributed by atoms with E-state index < -0.39 is 12.1 Å². The summed E-state index contributed by atoms with van der Waals surface area (Å²) in [4.78, 5) is 13.1. The monoisotopic (exact) mass is 399 g/mol. The first kappa shape index (κ1) is 21.4. The number of carboxylic acids is 1. The molecule has 0 spiro atoms. The molecule has 1 aromatic carbocycles. The Kier molecular flexibility index (Phi) is 8.31. The minimum absolute atomic E-state index is 0.885. The molecule has 1 saturated heterocycles. The van der Waals surface area contributed by atoms with Gasteiger partial charge in [-0.2, -0.15) is 13.2 Å². The fourth-order valence-electron chi connectivity index (χ4n) is 3.08. The Bertz CT molecular complexity index is 666. The average molecular weight is 399 g/mol. The quantitative estimate of drug-likeness (QED) is 0.779. The van der Waals surface area contributed by atoms with Crippen molar-refractivity contribution in [3.05, 3.63) is 58.3 Å². The molecule has 0 atom stereocenters. The van der Waals surface area contributed by atoms with Crippen LogP contribution in [0.1, 0.15) is 23.3 Å². The molecule has 1 aromatic heterocycles. The smallest absolute Gasteiger partial charge is 0.475 e. The van der Waals surface area contributed by atoms with Gasteiger partial charge in [0.05, 0.1) is 0 Å². The number of benzene rings is 1. The number of carbonyl (C=O) groups is 1. The molecule has 0 bridgehead atoms. The predicted molar refractivity (Wildman–Crippen MR) is 101 cm³/mol. The van der Waals surface area contributed by atoms with Gasteiger partial charge in [-0.15, -0.1) is 11.3 Å². The summed E-state index contributed by atoms with van der Waals surface area (Å²) in [6.07, 6.45) is 0.124. The lowest BCUT2D eigenvalue weighted by Gasteiger charge is -2.32. The van der Waals surface area contributed by atoms with Crippen LogP contribution < -0.4 is 0 Å². The van der Waals surface area contributed by atoms with Crippen LogP contribution in [-0.4, -0.2) is 41.8 Å². The summed E-state index contributed by atoms with van der Waals surface area (Å²) in [6, 6.07) is 15.4. The zero-order valence-corrected chi connectivity index (χ0v) is 15.8. The fourth-order valence-corrected chi connectivity index (χ4v) is 3.78. The Hall–Kier alpha value is -1.86. The van der Waals surface area contributed by atoms with Crippen LogP contribution >= 0.6 is 11.3 Å². The first-order chi connectivity index (χ1) is 12.8. The SMILES string of the molecule is O=C(O)C(F)(F)F.c1ccc(CC2CCN(CCc3cccs3)CC2)cc1. The molecule has 0 amide bonds. The van der Waals surface area contributed by atoms with Crippen molar-refractivity contribution in [1.29, 1.82) is 0 Å². The Morgan fingerprint density at radius 2 is 1.74 bits per heavy atom. The van der Waals surface area contributed by atoms with Crippen LogP contribution in [-0.2, 0) is 17.6 Å². The van der Waals surface area contributed by atoms with Crippen molar-refractivity contribution in [2.45, 2.75) is 31.9 Å². The maximum atomic E-state index is 10.6. The molecule has 27 heavy (non-hydrogen) atoms. The zero-order chi connectivity index (χ0) is 19.7. The fraction of sp³-hybridized carbons (Fsp3) is 0.450. The number of piperidine rings is 1. The van der Waals surface area contributed by atoms with Crippen molar-refractivity contribution >= 4 is 17.3 Å². The summed E-state index contributed by atoms with van der Waals surface area (Å²) >= 11 is 1.89. The van der Waals surface area contributed by atoms with Gasteiger partial charge in [-0.1, -0.05) is 36.4 Å². The van der Waals surface area contributed by atoms with Gasteiger partial charge in [0.25, 0.3) is 0 Å². The van der Waals surface area contributed by atoms with Gasteiger partial charge in [-0.25, -0.2) is 4.79 Å². The van der Waals surface area contributed by atoms with Gasteiger partial charge in [-0.05, 0) is 61.7 Å². The summed E-state index contributed by atoms with van der Waals surface area (Å²) in [5.41, 5.74) is 1.50. The van der Waals surface area contributed by atoms with Gasteiger partial charge in [0.2, 0.25) is 0 Å². The largest absolute Gasteiger partial charge is 0.490 e. The number of likely N-dealkylation sites (tertiary alicyclic amines) is 1. The number of alkyl halides is 3. The molecule has 3 rings (SSSR count). The van der Waals surface area contributed by atoms with E-state index in [-0.39, 0.29) is 0 Å². The third kappa shape index (κ3) is 8.13. The number of thiophene rings is 1. The molecular formula is C20H24F3NO2S. The first-order valence-corrected chi connectivity index (χ1v) is 9.81. The second-order valence-electron chi connectivity index (χ2n) is 6.61. The van der Waals surface area contributed by atoms with Crippen molar-refractivity contribution in [3.63, 3.8) is 0 Å². The summed E-state index contributed by atoms with van der Waals surface area (Å²) in [5, 5.41) is 9.31. The highest BCUT2D eigenvalue weighted by atomic mass is 32.1. The van der Waals surface area contributed by atoms with Gasteiger partial charge in [0, 0.05) is 11.4 Å². The standard InChI is InChI=1S/C18H23NS.C2HF3O2/c1-2-5-16(6-3-1)15-17-8-11-19(12-9-17)13-10-18-7-4-14-20-18;3-2(4,5)1(6)7/h1-7,14,17H,8-13,15H2;(H,6,7). The second-order valence-corrected chi connectivity index (χ2v) is 7.64. The van der Waals surface area contributed by atoms with E-state index in [2.05, 4.69) is 52.7 Å². The maximum absolute atomic E-state index is 10.6. The average Bonchev–Trinajstić information content (AvgIpc) is 3.15. The van der Waals surface area contributed by atoms with E-state index in [1.807, 2.05) is 11.3 Å². The Morgan fingerprint density at radius 3 is 2.26 bits per heavy atom. The van der Waals surface area contributed by atoms with Crippen LogP contribution in [0.5, 0.6) is 0 Å². The van der Waals surface area contributed by atoms with Crippen molar-refractivity contribution < 1.29 is 23.1 Å². The molecule has 148 valence electrons. The van der Waals surface area contributed by atoms with E-state index in [0.717, 1.165) is 5.92 Å². The lowest BCUT2D eigenvalue weighted by molar-refractivity contribution is -0.192. The molecule has 7 heteroatoms. The van der Waals surface area contributed by atoms with E-state index in [9.17, 15) is 13.2 Å². The van der Waals surface area contributed by atoms with E-state index in [4.69, 9.17) is 9.90 Å². The normalized spacial score (nSPS) is 15.8. The van der Waals surface area contributed by atoms with E-state index in [0.29, 0.717) is 0 Å². The molecule has 1 aliphatic rings. The van der Waals surface area contributed by atoms with Crippen LogP contribution in [0.25, 0.3) is 0 Å². The lowest BCUT2D eigenvalue weighted by atomic mass is 9.90. The summed E-state index contributed by atoms with van der Waals surface area (Å²) in [7, 11) is 0. The highest BCUT2D eigenvalue weighted by Crippen LogP contribution is 2.22. The molecule has 2 aromatic rings. The van der Waals surface area contributed by atoms with Crippen molar-refractivity contribution in [3.8, 4) is 0 Å². The van der Waals surface area contributed by atoms with E-state index in [1.165, 1.54) is 55.8 Å². The molecule has 3 nitrogen and oxygen atoms in total.